The molecule has 25 heavy (non-hydrogen) atoms. The summed E-state index contributed by atoms with van der Waals surface area (Å²) >= 11 is 0. The number of anilines is 1. The van der Waals surface area contributed by atoms with Crippen LogP contribution in [0.3, 0.4) is 0 Å². The predicted octanol–water partition coefficient (Wildman–Crippen LogP) is 3.53. The SMILES string of the molecule is NC1CCC(Nc2cccc(-c3cccc(/C=C/C(=O)O)c3)n2)CC1. The Balaban J connectivity index is 1.75. The molecule has 0 amide bonds. The van der Waals surface area contributed by atoms with Crippen LogP contribution in [0.2, 0.25) is 0 Å². The molecule has 0 unspecified atom stereocenters. The minimum Gasteiger partial charge on any atom is -0.478 e. The number of nitrogens with one attached hydrogen (secondary N) is 1. The number of pyridine rings is 1. The van der Waals surface area contributed by atoms with Crippen LogP contribution in [0.15, 0.2) is 48.5 Å². The van der Waals surface area contributed by atoms with Crippen LogP contribution in [0.1, 0.15) is 31.2 Å². The number of rotatable bonds is 5. The average molecular weight is 337 g/mol. The average Bonchev–Trinajstić information content (AvgIpc) is 2.62. The van der Waals surface area contributed by atoms with E-state index in [4.69, 9.17) is 15.8 Å². The second kappa shape index (κ2) is 7.94. The van der Waals surface area contributed by atoms with E-state index in [1.807, 2.05) is 42.5 Å². The lowest BCUT2D eigenvalue weighted by molar-refractivity contribution is -0.131. The van der Waals surface area contributed by atoms with Crippen LogP contribution < -0.4 is 11.1 Å². The first-order valence-corrected chi connectivity index (χ1v) is 8.61. The highest BCUT2D eigenvalue weighted by atomic mass is 16.4. The molecule has 0 radical (unpaired) electrons. The van der Waals surface area contributed by atoms with Crippen molar-refractivity contribution < 1.29 is 9.90 Å². The van der Waals surface area contributed by atoms with Gasteiger partial charge in [0.15, 0.2) is 0 Å². The molecule has 0 saturated heterocycles. The van der Waals surface area contributed by atoms with Gasteiger partial charge in [0.25, 0.3) is 0 Å². The number of carboxylic acids is 1. The normalized spacial score (nSPS) is 20.5. The van der Waals surface area contributed by atoms with Crippen molar-refractivity contribution in [3.05, 3.63) is 54.1 Å². The van der Waals surface area contributed by atoms with E-state index >= 15 is 0 Å². The Hall–Kier alpha value is -2.66. The van der Waals surface area contributed by atoms with Crippen LogP contribution in [0, 0.1) is 0 Å². The summed E-state index contributed by atoms with van der Waals surface area (Å²) in [5.74, 6) is -0.0913. The minimum absolute atomic E-state index is 0.332. The Bertz CT molecular complexity index is 765. The molecule has 4 N–H and O–H groups in total. The van der Waals surface area contributed by atoms with Gasteiger partial charge in [-0.3, -0.25) is 0 Å². The van der Waals surface area contributed by atoms with Crippen LogP contribution in [-0.4, -0.2) is 28.1 Å². The van der Waals surface area contributed by atoms with E-state index in [1.165, 1.54) is 0 Å². The first-order chi connectivity index (χ1) is 12.1. The van der Waals surface area contributed by atoms with Gasteiger partial charge in [-0.2, -0.15) is 0 Å². The Kier molecular flexibility index (Phi) is 5.46. The summed E-state index contributed by atoms with van der Waals surface area (Å²) in [6, 6.07) is 14.4. The van der Waals surface area contributed by atoms with E-state index in [0.717, 1.165) is 54.4 Å². The van der Waals surface area contributed by atoms with Gasteiger partial charge in [0.05, 0.1) is 5.69 Å². The first-order valence-electron chi connectivity index (χ1n) is 8.61. The fraction of sp³-hybridized carbons (Fsp3) is 0.300. The smallest absolute Gasteiger partial charge is 0.328 e. The minimum atomic E-state index is -0.957. The highest BCUT2D eigenvalue weighted by Crippen LogP contribution is 2.23. The number of hydrogen-bond acceptors (Lipinski definition) is 4. The summed E-state index contributed by atoms with van der Waals surface area (Å²) in [5, 5.41) is 12.3. The molecule has 130 valence electrons. The number of hydrogen-bond donors (Lipinski definition) is 3. The van der Waals surface area contributed by atoms with Crippen molar-refractivity contribution in [2.24, 2.45) is 5.73 Å². The van der Waals surface area contributed by atoms with Crippen LogP contribution in [0.4, 0.5) is 5.82 Å². The highest BCUT2D eigenvalue weighted by Gasteiger charge is 2.18. The van der Waals surface area contributed by atoms with Gasteiger partial charge >= 0.3 is 5.97 Å². The quantitative estimate of drug-likeness (QED) is 0.726. The van der Waals surface area contributed by atoms with Gasteiger partial charge in [0.1, 0.15) is 5.82 Å². The third kappa shape index (κ3) is 4.90. The van der Waals surface area contributed by atoms with Gasteiger partial charge in [-0.1, -0.05) is 24.3 Å². The summed E-state index contributed by atoms with van der Waals surface area (Å²) in [4.78, 5) is 15.4. The van der Waals surface area contributed by atoms with Gasteiger partial charge in [-0.25, -0.2) is 9.78 Å². The molecule has 0 spiro atoms. The molecular formula is C20H23N3O2. The van der Waals surface area contributed by atoms with Crippen molar-refractivity contribution in [3.63, 3.8) is 0 Å². The fourth-order valence-electron chi connectivity index (χ4n) is 3.12. The highest BCUT2D eigenvalue weighted by molar-refractivity contribution is 5.85. The largest absolute Gasteiger partial charge is 0.478 e. The maximum absolute atomic E-state index is 10.7. The molecule has 5 nitrogen and oxygen atoms in total. The van der Waals surface area contributed by atoms with E-state index in [-0.39, 0.29) is 0 Å². The molecule has 0 aliphatic heterocycles. The fourth-order valence-corrected chi connectivity index (χ4v) is 3.12. The van der Waals surface area contributed by atoms with Crippen molar-refractivity contribution in [3.8, 4) is 11.3 Å². The van der Waals surface area contributed by atoms with Gasteiger partial charge in [0.2, 0.25) is 0 Å². The Labute approximate surface area is 147 Å². The zero-order valence-corrected chi connectivity index (χ0v) is 14.1. The summed E-state index contributed by atoms with van der Waals surface area (Å²) in [6.07, 6.45) is 6.97. The van der Waals surface area contributed by atoms with Crippen molar-refractivity contribution in [2.45, 2.75) is 37.8 Å². The van der Waals surface area contributed by atoms with E-state index in [9.17, 15) is 4.79 Å². The Morgan fingerprint density at radius 1 is 1.16 bits per heavy atom. The number of nitrogens with zero attached hydrogens (tertiary/aromatic N) is 1. The van der Waals surface area contributed by atoms with Crippen LogP contribution >= 0.6 is 0 Å². The monoisotopic (exact) mass is 337 g/mol. The van der Waals surface area contributed by atoms with Crippen molar-refractivity contribution in [1.82, 2.24) is 4.98 Å². The Morgan fingerprint density at radius 2 is 1.92 bits per heavy atom. The zero-order chi connectivity index (χ0) is 17.6. The lowest BCUT2D eigenvalue weighted by atomic mass is 9.92. The molecule has 2 aromatic rings. The summed E-state index contributed by atoms with van der Waals surface area (Å²) in [6.45, 7) is 0. The van der Waals surface area contributed by atoms with E-state index in [1.54, 1.807) is 6.08 Å². The molecule has 1 heterocycles. The van der Waals surface area contributed by atoms with Gasteiger partial charge in [0, 0.05) is 23.7 Å². The number of aromatic nitrogens is 1. The summed E-state index contributed by atoms with van der Waals surface area (Å²) < 4.78 is 0. The molecule has 0 atom stereocenters. The number of benzene rings is 1. The second-order valence-electron chi connectivity index (χ2n) is 6.46. The molecule has 1 saturated carbocycles. The molecule has 1 aliphatic carbocycles. The molecule has 5 heteroatoms. The van der Waals surface area contributed by atoms with Gasteiger partial charge in [-0.15, -0.1) is 0 Å². The lowest BCUT2D eigenvalue weighted by Crippen LogP contribution is -2.33. The molecule has 0 bridgehead atoms. The van der Waals surface area contributed by atoms with E-state index < -0.39 is 5.97 Å². The molecule has 3 rings (SSSR count). The van der Waals surface area contributed by atoms with Crippen molar-refractivity contribution in [1.29, 1.82) is 0 Å². The van der Waals surface area contributed by atoms with Gasteiger partial charge in [-0.05, 0) is 55.5 Å². The summed E-state index contributed by atoms with van der Waals surface area (Å²) in [7, 11) is 0. The summed E-state index contributed by atoms with van der Waals surface area (Å²) in [5.41, 5.74) is 8.62. The number of aliphatic carboxylic acids is 1. The maximum atomic E-state index is 10.7. The molecule has 1 aromatic carbocycles. The third-order valence-electron chi connectivity index (χ3n) is 4.47. The van der Waals surface area contributed by atoms with Crippen LogP contribution in [0.25, 0.3) is 17.3 Å². The third-order valence-corrected chi connectivity index (χ3v) is 4.47. The number of nitrogens with two attached hydrogens (primary N) is 1. The van der Waals surface area contributed by atoms with Crippen LogP contribution in [-0.2, 0) is 4.79 Å². The number of carbonyl (C=O) groups is 1. The van der Waals surface area contributed by atoms with Gasteiger partial charge < -0.3 is 16.2 Å². The van der Waals surface area contributed by atoms with Crippen LogP contribution in [0.5, 0.6) is 0 Å². The maximum Gasteiger partial charge on any atom is 0.328 e. The molecule has 1 aromatic heterocycles. The second-order valence-corrected chi connectivity index (χ2v) is 6.46. The zero-order valence-electron chi connectivity index (χ0n) is 14.1. The topological polar surface area (TPSA) is 88.2 Å². The number of carboxylic acid groups (broad SMARTS) is 1. The first kappa shape index (κ1) is 17.2. The Morgan fingerprint density at radius 3 is 2.68 bits per heavy atom. The standard InChI is InChI=1S/C20H23N3O2/c21-16-8-10-17(11-9-16)22-19-6-2-5-18(23-19)15-4-1-3-14(13-15)7-12-20(24)25/h1-7,12-13,16-17H,8-11,21H2,(H,22,23)(H,24,25)/b12-7+. The molecule has 1 aliphatic rings. The van der Waals surface area contributed by atoms with E-state index in [0.29, 0.717) is 12.1 Å². The van der Waals surface area contributed by atoms with Crippen molar-refractivity contribution in [2.75, 3.05) is 5.32 Å². The molecular weight excluding hydrogens is 314 g/mol. The van der Waals surface area contributed by atoms with Crippen molar-refractivity contribution >= 4 is 17.9 Å². The lowest BCUT2D eigenvalue weighted by Gasteiger charge is -2.27. The van der Waals surface area contributed by atoms with E-state index in [2.05, 4.69) is 5.32 Å². The molecule has 1 fully saturated rings. The predicted molar refractivity (Wildman–Crippen MR) is 100 cm³/mol.